The number of carboxylic acids is 1. The molecule has 142 valence electrons. The van der Waals surface area contributed by atoms with Gasteiger partial charge in [-0.15, -0.1) is 0 Å². The second kappa shape index (κ2) is 7.53. The van der Waals surface area contributed by atoms with Crippen LogP contribution in [-0.2, 0) is 10.2 Å². The summed E-state index contributed by atoms with van der Waals surface area (Å²) in [4.78, 5) is 14.6. The van der Waals surface area contributed by atoms with Gasteiger partial charge < -0.3 is 5.11 Å². The van der Waals surface area contributed by atoms with Crippen molar-refractivity contribution in [3.8, 4) is 0 Å². The number of likely N-dealkylation sites (tertiary alicyclic amines) is 1. The zero-order valence-electron chi connectivity index (χ0n) is 15.7. The number of aryl methyl sites for hydroxylation is 1. The van der Waals surface area contributed by atoms with Gasteiger partial charge in [0.05, 0.1) is 6.04 Å². The average Bonchev–Trinajstić information content (AvgIpc) is 2.67. The smallest absolute Gasteiger partial charge is 0.316 e. The fourth-order valence-electron chi connectivity index (χ4n) is 4.14. The lowest BCUT2D eigenvalue weighted by Gasteiger charge is -2.51. The lowest BCUT2D eigenvalue weighted by Crippen LogP contribution is -2.64. The molecule has 1 N–H and O–H groups in total. The normalized spacial score (nSPS) is 16.0. The van der Waals surface area contributed by atoms with Crippen molar-refractivity contribution in [3.05, 3.63) is 106 Å². The summed E-state index contributed by atoms with van der Waals surface area (Å²) in [5.74, 6) is -0.769. The number of hydrogen-bond donors (Lipinski definition) is 1. The van der Waals surface area contributed by atoms with E-state index in [0.29, 0.717) is 13.1 Å². The molecule has 1 fully saturated rings. The molecule has 0 aromatic heterocycles. The highest BCUT2D eigenvalue weighted by Crippen LogP contribution is 2.44. The van der Waals surface area contributed by atoms with Gasteiger partial charge in [0.15, 0.2) is 0 Å². The maximum Gasteiger partial charge on any atom is 0.316 e. The molecule has 1 aliphatic rings. The molecule has 0 aliphatic carbocycles. The van der Waals surface area contributed by atoms with Crippen molar-refractivity contribution >= 4 is 21.9 Å². The molecule has 0 bridgehead atoms. The number of aliphatic carboxylic acids is 1. The Morgan fingerprint density at radius 1 is 0.964 bits per heavy atom. The van der Waals surface area contributed by atoms with Crippen LogP contribution in [0.3, 0.4) is 0 Å². The molecule has 3 aromatic rings. The number of carboxylic acid groups (broad SMARTS) is 1. The fourth-order valence-corrected chi connectivity index (χ4v) is 4.77. The van der Waals surface area contributed by atoms with Crippen LogP contribution in [0.5, 0.6) is 0 Å². The highest BCUT2D eigenvalue weighted by atomic mass is 79.9. The van der Waals surface area contributed by atoms with E-state index in [0.717, 1.165) is 15.6 Å². The maximum atomic E-state index is 12.4. The van der Waals surface area contributed by atoms with Gasteiger partial charge in [0, 0.05) is 17.6 Å². The molecule has 1 heterocycles. The molecular weight excluding hydrogens is 414 g/mol. The standard InChI is InChI=1S/C24H22BrNO2/c1-17-12-13-21(25)20(14-17)24(23(27)28)15-26(16-24)22(18-8-4-2-5-9-18)19-10-6-3-7-11-19/h2-14,22H,15-16H2,1H3,(H,27,28). The predicted molar refractivity (Wildman–Crippen MR) is 114 cm³/mol. The van der Waals surface area contributed by atoms with Gasteiger partial charge in [-0.3, -0.25) is 9.69 Å². The van der Waals surface area contributed by atoms with Gasteiger partial charge in [0.1, 0.15) is 5.41 Å². The summed E-state index contributed by atoms with van der Waals surface area (Å²) in [5, 5.41) is 10.1. The van der Waals surface area contributed by atoms with Crippen molar-refractivity contribution < 1.29 is 9.90 Å². The van der Waals surface area contributed by atoms with Crippen molar-refractivity contribution in [2.45, 2.75) is 18.4 Å². The third-order valence-corrected chi connectivity index (χ3v) is 6.28. The van der Waals surface area contributed by atoms with E-state index in [2.05, 4.69) is 45.1 Å². The molecule has 0 spiro atoms. The SMILES string of the molecule is Cc1ccc(Br)c(C2(C(=O)O)CN(C(c3ccccc3)c3ccccc3)C2)c1. The van der Waals surface area contributed by atoms with Crippen molar-refractivity contribution in [3.63, 3.8) is 0 Å². The monoisotopic (exact) mass is 435 g/mol. The van der Waals surface area contributed by atoms with Crippen molar-refractivity contribution in [2.24, 2.45) is 0 Å². The first-order chi connectivity index (χ1) is 13.5. The van der Waals surface area contributed by atoms with E-state index in [1.54, 1.807) is 0 Å². The summed E-state index contributed by atoms with van der Waals surface area (Å²) < 4.78 is 0.858. The summed E-state index contributed by atoms with van der Waals surface area (Å²) in [6.07, 6.45) is 0. The molecule has 1 aliphatic heterocycles. The molecule has 0 radical (unpaired) electrons. The van der Waals surface area contributed by atoms with Gasteiger partial charge in [-0.1, -0.05) is 94.3 Å². The van der Waals surface area contributed by atoms with Crippen LogP contribution in [0.15, 0.2) is 83.3 Å². The molecule has 0 unspecified atom stereocenters. The molecule has 3 nitrogen and oxygen atoms in total. The quantitative estimate of drug-likeness (QED) is 0.599. The number of nitrogens with zero attached hydrogens (tertiary/aromatic N) is 1. The zero-order chi connectivity index (χ0) is 19.7. The molecule has 4 rings (SSSR count). The van der Waals surface area contributed by atoms with E-state index in [9.17, 15) is 9.90 Å². The van der Waals surface area contributed by atoms with Crippen LogP contribution in [-0.4, -0.2) is 29.1 Å². The molecular formula is C24H22BrNO2. The third-order valence-electron chi connectivity index (χ3n) is 5.59. The fraction of sp³-hybridized carbons (Fsp3) is 0.208. The minimum atomic E-state index is -0.896. The molecule has 3 aromatic carbocycles. The van der Waals surface area contributed by atoms with Gasteiger partial charge in [-0.25, -0.2) is 0 Å². The highest BCUT2D eigenvalue weighted by molar-refractivity contribution is 9.10. The van der Waals surface area contributed by atoms with Gasteiger partial charge in [-0.2, -0.15) is 0 Å². The molecule has 28 heavy (non-hydrogen) atoms. The first kappa shape index (κ1) is 18.9. The molecule has 0 saturated carbocycles. The average molecular weight is 436 g/mol. The van der Waals surface area contributed by atoms with Crippen LogP contribution in [0.1, 0.15) is 28.3 Å². The van der Waals surface area contributed by atoms with E-state index in [-0.39, 0.29) is 6.04 Å². The van der Waals surface area contributed by atoms with E-state index in [1.165, 1.54) is 11.1 Å². The molecule has 4 heteroatoms. The summed E-state index contributed by atoms with van der Waals surface area (Å²) in [6, 6.07) is 26.6. The Hall–Kier alpha value is -2.43. The van der Waals surface area contributed by atoms with Gasteiger partial charge in [0.25, 0.3) is 0 Å². The molecule has 0 atom stereocenters. The van der Waals surface area contributed by atoms with Crippen molar-refractivity contribution in [1.29, 1.82) is 0 Å². The van der Waals surface area contributed by atoms with E-state index < -0.39 is 11.4 Å². The van der Waals surface area contributed by atoms with Crippen LogP contribution in [0.2, 0.25) is 0 Å². The zero-order valence-corrected chi connectivity index (χ0v) is 17.3. The number of rotatable bonds is 5. The minimum absolute atomic E-state index is 0.0402. The van der Waals surface area contributed by atoms with Crippen LogP contribution in [0, 0.1) is 6.92 Å². The Balaban J connectivity index is 1.72. The van der Waals surface area contributed by atoms with E-state index >= 15 is 0 Å². The molecule has 0 amide bonds. The summed E-state index contributed by atoms with van der Waals surface area (Å²) >= 11 is 3.57. The van der Waals surface area contributed by atoms with E-state index in [4.69, 9.17) is 0 Å². The van der Waals surface area contributed by atoms with Gasteiger partial charge in [0.2, 0.25) is 0 Å². The van der Waals surface area contributed by atoms with Gasteiger partial charge in [-0.05, 0) is 29.7 Å². The van der Waals surface area contributed by atoms with Crippen LogP contribution >= 0.6 is 15.9 Å². The predicted octanol–water partition coefficient (Wildman–Crippen LogP) is 5.19. The van der Waals surface area contributed by atoms with Crippen molar-refractivity contribution in [2.75, 3.05) is 13.1 Å². The first-order valence-corrected chi connectivity index (χ1v) is 10.1. The Bertz CT molecular complexity index is 943. The number of benzene rings is 3. The van der Waals surface area contributed by atoms with Crippen LogP contribution < -0.4 is 0 Å². The van der Waals surface area contributed by atoms with Crippen molar-refractivity contribution in [1.82, 2.24) is 4.90 Å². The van der Waals surface area contributed by atoms with Crippen LogP contribution in [0.25, 0.3) is 0 Å². The lowest BCUT2D eigenvalue weighted by atomic mass is 9.71. The molecule has 1 saturated heterocycles. The largest absolute Gasteiger partial charge is 0.481 e. The van der Waals surface area contributed by atoms with Crippen LogP contribution in [0.4, 0.5) is 0 Å². The highest BCUT2D eigenvalue weighted by Gasteiger charge is 2.53. The third kappa shape index (κ3) is 3.27. The number of hydrogen-bond acceptors (Lipinski definition) is 2. The summed E-state index contributed by atoms with van der Waals surface area (Å²) in [5.41, 5.74) is 3.38. The Kier molecular flexibility index (Phi) is 5.09. The number of carbonyl (C=O) groups is 1. The van der Waals surface area contributed by atoms with Gasteiger partial charge >= 0.3 is 5.97 Å². The summed E-state index contributed by atoms with van der Waals surface area (Å²) in [7, 11) is 0. The Labute approximate surface area is 173 Å². The topological polar surface area (TPSA) is 40.5 Å². The first-order valence-electron chi connectivity index (χ1n) is 9.35. The number of halogens is 1. The summed E-state index contributed by atoms with van der Waals surface area (Å²) in [6.45, 7) is 2.94. The second-order valence-corrected chi connectivity index (χ2v) is 8.35. The Morgan fingerprint density at radius 3 is 2.00 bits per heavy atom. The van der Waals surface area contributed by atoms with E-state index in [1.807, 2.05) is 61.5 Å². The lowest BCUT2D eigenvalue weighted by molar-refractivity contribution is -0.152. The maximum absolute atomic E-state index is 12.4. The minimum Gasteiger partial charge on any atom is -0.481 e. The Morgan fingerprint density at radius 2 is 1.50 bits per heavy atom. The second-order valence-electron chi connectivity index (χ2n) is 7.50.